The Morgan fingerprint density at radius 2 is 2.00 bits per heavy atom. The number of allylic oxidation sites excluding steroid dienone is 1. The van der Waals surface area contributed by atoms with E-state index in [2.05, 4.69) is 19.9 Å². The number of carbonyl (C=O) groups is 2. The van der Waals surface area contributed by atoms with E-state index in [1.165, 1.54) is 13.8 Å². The molecule has 0 bridgehead atoms. The van der Waals surface area contributed by atoms with Crippen molar-refractivity contribution in [3.8, 4) is 0 Å². The highest BCUT2D eigenvalue weighted by Crippen LogP contribution is 2.63. The van der Waals surface area contributed by atoms with E-state index < -0.39 is 29.9 Å². The van der Waals surface area contributed by atoms with Crippen molar-refractivity contribution in [2.45, 2.75) is 71.4 Å². The molecule has 6 heteroatoms. The summed E-state index contributed by atoms with van der Waals surface area (Å²) in [5.41, 5.74) is 0.344. The zero-order valence-corrected chi connectivity index (χ0v) is 15.6. The molecule has 0 aromatic rings. The lowest BCUT2D eigenvalue weighted by molar-refractivity contribution is -0.150. The summed E-state index contributed by atoms with van der Waals surface area (Å²) in [5.74, 6) is 0.0905. The van der Waals surface area contributed by atoms with Gasteiger partial charge < -0.3 is 19.3 Å². The number of hydrogen-bond acceptors (Lipinski definition) is 6. The number of aliphatic hydroxyl groups excluding tert-OH is 1. The quantitative estimate of drug-likeness (QED) is 0.475. The summed E-state index contributed by atoms with van der Waals surface area (Å²) in [6, 6.07) is 0. The van der Waals surface area contributed by atoms with Crippen LogP contribution in [0.15, 0.2) is 11.6 Å². The summed E-state index contributed by atoms with van der Waals surface area (Å²) in [6.45, 7) is 9.16. The molecule has 3 aliphatic rings. The Morgan fingerprint density at radius 3 is 2.60 bits per heavy atom. The van der Waals surface area contributed by atoms with Crippen LogP contribution in [0.25, 0.3) is 0 Å². The molecule has 0 aromatic carbocycles. The monoisotopic (exact) mass is 352 g/mol. The minimum atomic E-state index is -0.978. The maximum absolute atomic E-state index is 11.5. The van der Waals surface area contributed by atoms with Crippen LogP contribution in [-0.2, 0) is 23.8 Å². The number of fused-ring (bicyclic) bond motifs is 2. The number of aliphatic hydroxyl groups is 1. The molecule has 2 aliphatic carbocycles. The summed E-state index contributed by atoms with van der Waals surface area (Å²) in [4.78, 5) is 22.7. The van der Waals surface area contributed by atoms with Crippen LogP contribution in [0.4, 0.5) is 0 Å². The second-order valence-corrected chi connectivity index (χ2v) is 8.31. The van der Waals surface area contributed by atoms with Crippen LogP contribution < -0.4 is 0 Å². The average molecular weight is 352 g/mol. The van der Waals surface area contributed by atoms with E-state index in [1.807, 2.05) is 6.92 Å². The number of carbonyl (C=O) groups excluding carboxylic acids is 2. The van der Waals surface area contributed by atoms with Gasteiger partial charge in [-0.15, -0.1) is 0 Å². The number of esters is 2. The topological polar surface area (TPSA) is 85.4 Å². The molecule has 0 radical (unpaired) electrons. The van der Waals surface area contributed by atoms with Crippen LogP contribution in [0.1, 0.15) is 47.5 Å². The predicted molar refractivity (Wildman–Crippen MR) is 89.5 cm³/mol. The third kappa shape index (κ3) is 3.34. The molecule has 0 amide bonds. The molecule has 1 saturated carbocycles. The summed E-state index contributed by atoms with van der Waals surface area (Å²) in [5, 5.41) is 10.8. The van der Waals surface area contributed by atoms with Gasteiger partial charge in [-0.1, -0.05) is 19.9 Å². The average Bonchev–Trinajstić information content (AvgIpc) is 3.35. The van der Waals surface area contributed by atoms with Crippen molar-refractivity contribution >= 4 is 11.9 Å². The second-order valence-electron chi connectivity index (χ2n) is 8.31. The van der Waals surface area contributed by atoms with Gasteiger partial charge in [0.05, 0.1) is 0 Å². The number of rotatable bonds is 3. The minimum absolute atomic E-state index is 0.122. The van der Waals surface area contributed by atoms with Gasteiger partial charge in [-0.2, -0.15) is 0 Å². The van der Waals surface area contributed by atoms with E-state index in [9.17, 15) is 14.7 Å². The van der Waals surface area contributed by atoms with Crippen molar-refractivity contribution in [3.63, 3.8) is 0 Å². The molecule has 2 fully saturated rings. The third-order valence-corrected chi connectivity index (χ3v) is 6.16. The van der Waals surface area contributed by atoms with Gasteiger partial charge in [0.25, 0.3) is 0 Å². The van der Waals surface area contributed by atoms with Gasteiger partial charge in [-0.25, -0.2) is 0 Å². The fourth-order valence-corrected chi connectivity index (χ4v) is 4.43. The van der Waals surface area contributed by atoms with Gasteiger partial charge in [-0.05, 0) is 42.6 Å². The van der Waals surface area contributed by atoms with Crippen LogP contribution in [0.2, 0.25) is 0 Å². The first-order valence-electron chi connectivity index (χ1n) is 8.93. The molecule has 140 valence electrons. The van der Waals surface area contributed by atoms with Gasteiger partial charge in [-0.3, -0.25) is 9.59 Å². The highest BCUT2D eigenvalue weighted by atomic mass is 16.7. The maximum atomic E-state index is 11.5. The molecule has 1 heterocycles. The van der Waals surface area contributed by atoms with Crippen LogP contribution in [0.3, 0.4) is 0 Å². The van der Waals surface area contributed by atoms with Gasteiger partial charge in [0.15, 0.2) is 6.10 Å². The largest absolute Gasteiger partial charge is 0.463 e. The van der Waals surface area contributed by atoms with Gasteiger partial charge in [0, 0.05) is 13.8 Å². The lowest BCUT2D eigenvalue weighted by atomic mass is 9.89. The lowest BCUT2D eigenvalue weighted by Crippen LogP contribution is -2.40. The van der Waals surface area contributed by atoms with Crippen molar-refractivity contribution < 1.29 is 28.9 Å². The van der Waals surface area contributed by atoms with Gasteiger partial charge in [0.1, 0.15) is 24.4 Å². The van der Waals surface area contributed by atoms with Crippen molar-refractivity contribution in [1.82, 2.24) is 0 Å². The Bertz CT molecular complexity index is 609. The van der Waals surface area contributed by atoms with Crippen LogP contribution in [0.5, 0.6) is 0 Å². The van der Waals surface area contributed by atoms with Crippen molar-refractivity contribution in [2.75, 3.05) is 6.61 Å². The van der Waals surface area contributed by atoms with E-state index in [4.69, 9.17) is 14.2 Å². The summed E-state index contributed by atoms with van der Waals surface area (Å²) < 4.78 is 16.4. The van der Waals surface area contributed by atoms with Crippen LogP contribution >= 0.6 is 0 Å². The fourth-order valence-electron chi connectivity index (χ4n) is 4.43. The molecule has 1 saturated heterocycles. The van der Waals surface area contributed by atoms with Crippen molar-refractivity contribution in [1.29, 1.82) is 0 Å². The fraction of sp³-hybridized carbons (Fsp3) is 0.789. The molecule has 25 heavy (non-hydrogen) atoms. The summed E-state index contributed by atoms with van der Waals surface area (Å²) in [6.07, 6.45) is 1.59. The number of epoxide rings is 1. The van der Waals surface area contributed by atoms with Crippen LogP contribution in [0, 0.1) is 17.3 Å². The molecule has 6 atom stereocenters. The maximum Gasteiger partial charge on any atom is 0.303 e. The molecule has 0 unspecified atom stereocenters. The first-order valence-corrected chi connectivity index (χ1v) is 8.93. The highest BCUT2D eigenvalue weighted by Gasteiger charge is 2.65. The Morgan fingerprint density at radius 1 is 1.32 bits per heavy atom. The molecular formula is C19H28O6. The predicted octanol–water partition coefficient (Wildman–Crippen LogP) is 1.99. The summed E-state index contributed by atoms with van der Waals surface area (Å²) >= 11 is 0. The Hall–Kier alpha value is -1.40. The molecule has 6 nitrogen and oxygen atoms in total. The zero-order chi connectivity index (χ0) is 18.6. The zero-order valence-electron chi connectivity index (χ0n) is 15.6. The second kappa shape index (κ2) is 6.09. The van der Waals surface area contributed by atoms with E-state index in [0.717, 1.165) is 12.0 Å². The molecule has 0 spiro atoms. The Kier molecular flexibility index (Phi) is 4.48. The number of ether oxygens (including phenoxy) is 3. The SMILES string of the molecule is CC(=O)OC[C@@]12CC[C@H]3[C@H](/C=C(\C)[C@H](OC(C)=O)[C@@H](O)[C@H]1O2)C3(C)C. The van der Waals surface area contributed by atoms with E-state index in [0.29, 0.717) is 18.3 Å². The first kappa shape index (κ1) is 18.4. The lowest BCUT2D eigenvalue weighted by Gasteiger charge is -2.25. The molecule has 1 aliphatic heterocycles. The Balaban J connectivity index is 1.88. The standard InChI is InChI=1S/C19H28O6/c1-10-8-14-13(18(14,4)5)6-7-19(9-23-11(2)20)17(25-19)15(22)16(10)24-12(3)21/h8,13-17,22H,6-7,9H2,1-5H3/b10-8+/t13-,14-,15+,16-,17+,19-/m0/s1. The smallest absolute Gasteiger partial charge is 0.303 e. The molecule has 3 rings (SSSR count). The molecule has 1 N–H and O–H groups in total. The number of hydrogen-bond donors (Lipinski definition) is 1. The van der Waals surface area contributed by atoms with Crippen molar-refractivity contribution in [3.05, 3.63) is 11.6 Å². The van der Waals surface area contributed by atoms with E-state index in [-0.39, 0.29) is 18.0 Å². The van der Waals surface area contributed by atoms with Crippen molar-refractivity contribution in [2.24, 2.45) is 17.3 Å². The van der Waals surface area contributed by atoms with Crippen LogP contribution in [-0.4, -0.2) is 47.6 Å². The van der Waals surface area contributed by atoms with Gasteiger partial charge >= 0.3 is 11.9 Å². The Labute approximate surface area is 148 Å². The molecule has 0 aromatic heterocycles. The highest BCUT2D eigenvalue weighted by molar-refractivity contribution is 5.66. The third-order valence-electron chi connectivity index (χ3n) is 6.16. The van der Waals surface area contributed by atoms with E-state index >= 15 is 0 Å². The van der Waals surface area contributed by atoms with Gasteiger partial charge in [0.2, 0.25) is 0 Å². The minimum Gasteiger partial charge on any atom is -0.463 e. The summed E-state index contributed by atoms with van der Waals surface area (Å²) in [7, 11) is 0. The van der Waals surface area contributed by atoms with E-state index in [1.54, 1.807) is 0 Å². The normalized spacial score (nSPS) is 43.6. The molecular weight excluding hydrogens is 324 g/mol. The first-order chi connectivity index (χ1) is 11.6.